The molecule has 25 heavy (non-hydrogen) atoms. The quantitative estimate of drug-likeness (QED) is 0.471. The van der Waals surface area contributed by atoms with Crippen LogP contribution in [-0.4, -0.2) is 38.4 Å². The normalized spacial score (nSPS) is 20.8. The van der Waals surface area contributed by atoms with Gasteiger partial charge in [-0.25, -0.2) is 13.3 Å². The summed E-state index contributed by atoms with van der Waals surface area (Å²) < 4.78 is 19.8. The summed E-state index contributed by atoms with van der Waals surface area (Å²) in [5.74, 6) is 0.174. The number of ether oxygens (including phenoxy) is 1. The minimum atomic E-state index is -1.15. The zero-order valence-corrected chi connectivity index (χ0v) is 17.7. The SMILES string of the molecule is CCOC(=O)C1=CCN(S(=O)C(C)(C)C)[C@@H]1C[C@@H](C)CCC=C(C)C. The third-order valence-corrected chi connectivity index (χ3v) is 6.16. The second kappa shape index (κ2) is 9.67. The lowest BCUT2D eigenvalue weighted by molar-refractivity contribution is -0.138. The van der Waals surface area contributed by atoms with Crippen molar-refractivity contribution in [1.82, 2.24) is 4.31 Å². The number of allylic oxidation sites excluding steroid dienone is 2. The van der Waals surface area contributed by atoms with Gasteiger partial charge in [0.15, 0.2) is 0 Å². The first kappa shape index (κ1) is 22.1. The van der Waals surface area contributed by atoms with Crippen LogP contribution < -0.4 is 0 Å². The van der Waals surface area contributed by atoms with Gasteiger partial charge in [0, 0.05) is 6.54 Å². The molecule has 4 nitrogen and oxygen atoms in total. The summed E-state index contributed by atoms with van der Waals surface area (Å²) in [5.41, 5.74) is 2.00. The third-order valence-electron chi connectivity index (χ3n) is 4.28. The fourth-order valence-corrected chi connectivity index (χ4v) is 4.32. The number of nitrogens with zero attached hydrogens (tertiary/aromatic N) is 1. The Bertz CT molecular complexity index is 542. The molecule has 1 aliphatic heterocycles. The molecule has 0 N–H and O–H groups in total. The van der Waals surface area contributed by atoms with Gasteiger partial charge in [-0.1, -0.05) is 24.6 Å². The van der Waals surface area contributed by atoms with Crippen molar-refractivity contribution in [3.63, 3.8) is 0 Å². The van der Waals surface area contributed by atoms with Crippen LogP contribution in [0.3, 0.4) is 0 Å². The molecular formula is C20H35NO3S. The molecule has 5 heteroatoms. The van der Waals surface area contributed by atoms with Gasteiger partial charge in [0.1, 0.15) is 11.0 Å². The number of carbonyl (C=O) groups is 1. The monoisotopic (exact) mass is 369 g/mol. The Balaban J connectivity index is 2.89. The summed E-state index contributed by atoms with van der Waals surface area (Å²) in [4.78, 5) is 12.3. The van der Waals surface area contributed by atoms with Crippen LogP contribution in [0.5, 0.6) is 0 Å². The molecule has 1 rings (SSSR count). The molecule has 0 saturated heterocycles. The molecule has 3 atom stereocenters. The van der Waals surface area contributed by atoms with Gasteiger partial charge in [0.2, 0.25) is 0 Å². The third kappa shape index (κ3) is 6.70. The first-order chi connectivity index (χ1) is 11.6. The zero-order valence-electron chi connectivity index (χ0n) is 16.9. The van der Waals surface area contributed by atoms with Crippen molar-refractivity contribution in [2.45, 2.75) is 78.5 Å². The number of carbonyl (C=O) groups excluding carboxylic acids is 1. The fraction of sp³-hybridized carbons (Fsp3) is 0.750. The predicted octanol–water partition coefficient (Wildman–Crippen LogP) is 4.39. The number of hydrogen-bond acceptors (Lipinski definition) is 3. The van der Waals surface area contributed by atoms with Gasteiger partial charge in [0.05, 0.1) is 23.0 Å². The summed E-state index contributed by atoms with van der Waals surface area (Å²) in [6, 6.07) is -0.124. The molecule has 0 bridgehead atoms. The molecule has 1 aliphatic rings. The van der Waals surface area contributed by atoms with Crippen molar-refractivity contribution in [3.8, 4) is 0 Å². The van der Waals surface area contributed by atoms with Crippen LogP contribution in [0.25, 0.3) is 0 Å². The molecule has 0 radical (unpaired) electrons. The van der Waals surface area contributed by atoms with Crippen molar-refractivity contribution in [2.24, 2.45) is 5.92 Å². The van der Waals surface area contributed by atoms with E-state index in [0.717, 1.165) is 19.3 Å². The average Bonchev–Trinajstić information content (AvgIpc) is 2.88. The van der Waals surface area contributed by atoms with Crippen LogP contribution in [0.2, 0.25) is 0 Å². The highest BCUT2D eigenvalue weighted by molar-refractivity contribution is 7.84. The highest BCUT2D eigenvalue weighted by Crippen LogP contribution is 2.31. The second-order valence-corrected chi connectivity index (χ2v) is 10.2. The van der Waals surface area contributed by atoms with Gasteiger partial charge >= 0.3 is 5.97 Å². The minimum Gasteiger partial charge on any atom is -0.463 e. The second-order valence-electron chi connectivity index (χ2n) is 8.06. The largest absolute Gasteiger partial charge is 0.463 e. The molecule has 1 unspecified atom stereocenters. The van der Waals surface area contributed by atoms with Crippen LogP contribution in [0, 0.1) is 5.92 Å². The van der Waals surface area contributed by atoms with Crippen LogP contribution in [0.15, 0.2) is 23.3 Å². The summed E-state index contributed by atoms with van der Waals surface area (Å²) in [7, 11) is -1.15. The summed E-state index contributed by atoms with van der Waals surface area (Å²) in [5, 5.41) is 0. The number of rotatable bonds is 8. The molecular weight excluding hydrogens is 334 g/mol. The van der Waals surface area contributed by atoms with Crippen molar-refractivity contribution < 1.29 is 13.7 Å². The Labute approximate surface area is 156 Å². The van der Waals surface area contributed by atoms with E-state index in [2.05, 4.69) is 26.8 Å². The van der Waals surface area contributed by atoms with E-state index >= 15 is 0 Å². The highest BCUT2D eigenvalue weighted by Gasteiger charge is 2.39. The molecule has 0 aliphatic carbocycles. The Morgan fingerprint density at radius 1 is 1.44 bits per heavy atom. The van der Waals surface area contributed by atoms with Gasteiger partial charge in [-0.05, 0) is 66.7 Å². The first-order valence-corrected chi connectivity index (χ1v) is 10.4. The van der Waals surface area contributed by atoms with Gasteiger partial charge < -0.3 is 4.74 Å². The van der Waals surface area contributed by atoms with Crippen LogP contribution in [0.1, 0.15) is 67.7 Å². The Hall–Kier alpha value is -0.940. The lowest BCUT2D eigenvalue weighted by Crippen LogP contribution is -2.43. The Morgan fingerprint density at radius 2 is 2.08 bits per heavy atom. The van der Waals surface area contributed by atoms with Gasteiger partial charge in [-0.15, -0.1) is 0 Å². The predicted molar refractivity (Wildman–Crippen MR) is 106 cm³/mol. The molecule has 0 aromatic heterocycles. The maximum atomic E-state index is 12.9. The molecule has 0 amide bonds. The zero-order chi connectivity index (χ0) is 19.2. The van der Waals surface area contributed by atoms with E-state index < -0.39 is 11.0 Å². The number of esters is 1. The van der Waals surface area contributed by atoms with E-state index in [4.69, 9.17) is 4.74 Å². The van der Waals surface area contributed by atoms with Crippen molar-refractivity contribution in [2.75, 3.05) is 13.2 Å². The smallest absolute Gasteiger partial charge is 0.335 e. The van der Waals surface area contributed by atoms with Gasteiger partial charge in [0.25, 0.3) is 0 Å². The van der Waals surface area contributed by atoms with Crippen LogP contribution >= 0.6 is 0 Å². The number of hydrogen-bond donors (Lipinski definition) is 0. The molecule has 0 saturated carbocycles. The highest BCUT2D eigenvalue weighted by atomic mass is 32.2. The molecule has 0 fully saturated rings. The Kier molecular flexibility index (Phi) is 8.55. The minimum absolute atomic E-state index is 0.124. The Morgan fingerprint density at radius 3 is 2.60 bits per heavy atom. The molecule has 0 aromatic rings. The summed E-state index contributed by atoms with van der Waals surface area (Å²) >= 11 is 0. The van der Waals surface area contributed by atoms with E-state index in [-0.39, 0.29) is 16.8 Å². The fourth-order valence-electron chi connectivity index (χ4n) is 2.98. The van der Waals surface area contributed by atoms with Crippen LogP contribution in [0.4, 0.5) is 0 Å². The lowest BCUT2D eigenvalue weighted by atomic mass is 9.93. The first-order valence-electron chi connectivity index (χ1n) is 9.27. The molecule has 144 valence electrons. The lowest BCUT2D eigenvalue weighted by Gasteiger charge is -2.32. The van der Waals surface area contributed by atoms with Crippen molar-refractivity contribution in [1.29, 1.82) is 0 Å². The van der Waals surface area contributed by atoms with E-state index in [9.17, 15) is 9.00 Å². The van der Waals surface area contributed by atoms with Crippen molar-refractivity contribution >= 4 is 17.0 Å². The average molecular weight is 370 g/mol. The van der Waals surface area contributed by atoms with Gasteiger partial charge in [-0.2, -0.15) is 0 Å². The molecule has 0 spiro atoms. The molecule has 0 aromatic carbocycles. The topological polar surface area (TPSA) is 46.6 Å². The van der Waals surface area contributed by atoms with E-state index in [1.165, 1.54) is 5.57 Å². The van der Waals surface area contributed by atoms with Crippen LogP contribution in [-0.2, 0) is 20.5 Å². The summed E-state index contributed by atoms with van der Waals surface area (Å²) in [6.07, 6.45) is 7.07. The van der Waals surface area contributed by atoms with Gasteiger partial charge in [-0.3, -0.25) is 0 Å². The standard InChI is InChI=1S/C20H35NO3S/c1-8-24-19(22)17-12-13-21(25(23)20(5,6)7)18(17)14-16(4)11-9-10-15(2)3/h10,12,16,18H,8-9,11,13-14H2,1-7H3/t16-,18+,25?/m0/s1. The van der Waals surface area contributed by atoms with Crippen molar-refractivity contribution in [3.05, 3.63) is 23.3 Å². The summed E-state index contributed by atoms with van der Waals surface area (Å²) in [6.45, 7) is 15.1. The molecule has 1 heterocycles. The van der Waals surface area contributed by atoms with E-state index in [0.29, 0.717) is 24.6 Å². The van der Waals surface area contributed by atoms with E-state index in [1.54, 1.807) is 0 Å². The maximum absolute atomic E-state index is 12.9. The van der Waals surface area contributed by atoms with E-state index in [1.807, 2.05) is 38.1 Å². The maximum Gasteiger partial charge on any atom is 0.335 e.